The zero-order valence-electron chi connectivity index (χ0n) is 10.2. The van der Waals surface area contributed by atoms with Crippen LogP contribution in [0, 0.1) is 5.92 Å². The average Bonchev–Trinajstić information content (AvgIpc) is 2.15. The second-order valence-electron chi connectivity index (χ2n) is 5.30. The third kappa shape index (κ3) is 5.53. The molecule has 2 heteroatoms. The molecule has 0 bridgehead atoms. The summed E-state index contributed by atoms with van der Waals surface area (Å²) in [4.78, 5) is 4.13. The Balaban J connectivity index is 2.34. The van der Waals surface area contributed by atoms with E-state index in [1.54, 1.807) is 0 Å². The first-order chi connectivity index (χ1) is 6.97. The fraction of sp³-hybridized carbons (Fsp3) is 0.615. The van der Waals surface area contributed by atoms with Gasteiger partial charge in [0.05, 0.1) is 0 Å². The van der Waals surface area contributed by atoms with Crippen molar-refractivity contribution in [1.82, 2.24) is 10.3 Å². The normalized spacial score (nSPS) is 13.9. The Morgan fingerprint density at radius 1 is 1.40 bits per heavy atom. The van der Waals surface area contributed by atoms with E-state index >= 15 is 0 Å². The molecule has 0 fully saturated rings. The summed E-state index contributed by atoms with van der Waals surface area (Å²) >= 11 is 0. The van der Waals surface area contributed by atoms with Crippen LogP contribution in [-0.4, -0.2) is 17.1 Å². The smallest absolute Gasteiger partial charge is 0.0299 e. The van der Waals surface area contributed by atoms with Gasteiger partial charge in [0.15, 0.2) is 0 Å². The predicted octanol–water partition coefficient (Wildman–Crippen LogP) is 2.65. The van der Waals surface area contributed by atoms with Crippen LogP contribution in [0.15, 0.2) is 24.5 Å². The quantitative estimate of drug-likeness (QED) is 0.819. The molecule has 0 saturated heterocycles. The highest BCUT2D eigenvalue weighted by atomic mass is 14.9. The Morgan fingerprint density at radius 2 is 2.13 bits per heavy atom. The van der Waals surface area contributed by atoms with Crippen LogP contribution in [0.3, 0.4) is 0 Å². The SMILES string of the molecule is CC(CNC(C)(C)C)Cc1cccnc1. The van der Waals surface area contributed by atoms with Gasteiger partial charge in [-0.05, 0) is 51.3 Å². The summed E-state index contributed by atoms with van der Waals surface area (Å²) in [5, 5.41) is 3.52. The lowest BCUT2D eigenvalue weighted by Gasteiger charge is -2.23. The van der Waals surface area contributed by atoms with Crippen molar-refractivity contribution < 1.29 is 0 Å². The number of aromatic nitrogens is 1. The lowest BCUT2D eigenvalue weighted by Crippen LogP contribution is -2.39. The lowest BCUT2D eigenvalue weighted by atomic mass is 10.0. The summed E-state index contributed by atoms with van der Waals surface area (Å²) in [7, 11) is 0. The van der Waals surface area contributed by atoms with Gasteiger partial charge in [0.25, 0.3) is 0 Å². The Hall–Kier alpha value is -0.890. The van der Waals surface area contributed by atoms with Crippen LogP contribution in [-0.2, 0) is 6.42 Å². The standard InChI is InChI=1S/C13H22N2/c1-11(9-15-13(2,3)4)8-12-6-5-7-14-10-12/h5-7,10-11,15H,8-9H2,1-4H3. The van der Waals surface area contributed by atoms with Crippen molar-refractivity contribution in [3.63, 3.8) is 0 Å². The second-order valence-corrected chi connectivity index (χ2v) is 5.30. The summed E-state index contributed by atoms with van der Waals surface area (Å²) in [5.41, 5.74) is 1.53. The minimum absolute atomic E-state index is 0.212. The summed E-state index contributed by atoms with van der Waals surface area (Å²) < 4.78 is 0. The van der Waals surface area contributed by atoms with E-state index in [-0.39, 0.29) is 5.54 Å². The molecular formula is C13H22N2. The topological polar surface area (TPSA) is 24.9 Å². The van der Waals surface area contributed by atoms with Crippen LogP contribution in [0.4, 0.5) is 0 Å². The molecule has 1 N–H and O–H groups in total. The summed E-state index contributed by atoms with van der Waals surface area (Å²) in [6, 6.07) is 4.14. The first kappa shape index (κ1) is 12.2. The van der Waals surface area contributed by atoms with Crippen LogP contribution in [0.2, 0.25) is 0 Å². The third-order valence-electron chi connectivity index (χ3n) is 2.29. The number of hydrogen-bond donors (Lipinski definition) is 1. The van der Waals surface area contributed by atoms with E-state index < -0.39 is 0 Å². The van der Waals surface area contributed by atoms with E-state index in [4.69, 9.17) is 0 Å². The van der Waals surface area contributed by atoms with Crippen LogP contribution in [0.25, 0.3) is 0 Å². The molecule has 1 rings (SSSR count). The molecule has 1 aromatic heterocycles. The largest absolute Gasteiger partial charge is 0.312 e. The Labute approximate surface area is 93.1 Å². The molecule has 0 amide bonds. The van der Waals surface area contributed by atoms with E-state index in [1.165, 1.54) is 5.56 Å². The molecule has 1 aromatic rings. The number of nitrogens with zero attached hydrogens (tertiary/aromatic N) is 1. The fourth-order valence-electron chi connectivity index (χ4n) is 1.47. The molecule has 0 spiro atoms. The van der Waals surface area contributed by atoms with Crippen molar-refractivity contribution in [2.24, 2.45) is 5.92 Å². The summed E-state index contributed by atoms with van der Waals surface area (Å²) in [6.07, 6.45) is 4.87. The highest BCUT2D eigenvalue weighted by molar-refractivity contribution is 5.09. The molecule has 15 heavy (non-hydrogen) atoms. The van der Waals surface area contributed by atoms with Crippen molar-refractivity contribution in [2.75, 3.05) is 6.54 Å². The molecule has 1 heterocycles. The first-order valence-electron chi connectivity index (χ1n) is 5.61. The lowest BCUT2D eigenvalue weighted by molar-refractivity contribution is 0.381. The van der Waals surface area contributed by atoms with E-state index in [0.29, 0.717) is 5.92 Å². The van der Waals surface area contributed by atoms with Crippen LogP contribution in [0.1, 0.15) is 33.3 Å². The summed E-state index contributed by atoms with van der Waals surface area (Å²) in [5.74, 6) is 0.647. The maximum absolute atomic E-state index is 4.13. The van der Waals surface area contributed by atoms with Gasteiger partial charge in [-0.3, -0.25) is 4.98 Å². The molecule has 1 atom stereocenters. The van der Waals surface area contributed by atoms with E-state index in [9.17, 15) is 0 Å². The van der Waals surface area contributed by atoms with Crippen molar-refractivity contribution in [3.05, 3.63) is 30.1 Å². The van der Waals surface area contributed by atoms with Gasteiger partial charge >= 0.3 is 0 Å². The third-order valence-corrected chi connectivity index (χ3v) is 2.29. The van der Waals surface area contributed by atoms with E-state index in [2.05, 4.69) is 44.1 Å². The molecule has 0 aliphatic rings. The molecule has 2 nitrogen and oxygen atoms in total. The number of hydrogen-bond acceptors (Lipinski definition) is 2. The fourth-order valence-corrected chi connectivity index (χ4v) is 1.47. The van der Waals surface area contributed by atoms with E-state index in [1.807, 2.05) is 18.5 Å². The Kier molecular flexibility index (Phi) is 4.28. The van der Waals surface area contributed by atoms with Gasteiger partial charge in [-0.25, -0.2) is 0 Å². The molecule has 0 aliphatic carbocycles. The van der Waals surface area contributed by atoms with E-state index in [0.717, 1.165) is 13.0 Å². The zero-order valence-corrected chi connectivity index (χ0v) is 10.2. The molecule has 0 saturated carbocycles. The minimum atomic E-state index is 0.212. The van der Waals surface area contributed by atoms with Crippen molar-refractivity contribution in [2.45, 2.75) is 39.7 Å². The maximum atomic E-state index is 4.13. The zero-order chi connectivity index (χ0) is 11.3. The average molecular weight is 206 g/mol. The summed E-state index contributed by atoms with van der Waals surface area (Å²) in [6.45, 7) is 9.92. The first-order valence-corrected chi connectivity index (χ1v) is 5.61. The van der Waals surface area contributed by atoms with Crippen molar-refractivity contribution in [3.8, 4) is 0 Å². The molecule has 84 valence electrons. The van der Waals surface area contributed by atoms with Gasteiger partial charge in [-0.2, -0.15) is 0 Å². The molecule has 0 aromatic carbocycles. The number of pyridine rings is 1. The second kappa shape index (κ2) is 5.26. The highest BCUT2D eigenvalue weighted by Crippen LogP contribution is 2.07. The van der Waals surface area contributed by atoms with Crippen LogP contribution >= 0.6 is 0 Å². The molecule has 1 unspecified atom stereocenters. The monoisotopic (exact) mass is 206 g/mol. The van der Waals surface area contributed by atoms with Crippen molar-refractivity contribution >= 4 is 0 Å². The Bertz CT molecular complexity index is 274. The maximum Gasteiger partial charge on any atom is 0.0299 e. The van der Waals surface area contributed by atoms with Gasteiger partial charge in [-0.15, -0.1) is 0 Å². The highest BCUT2D eigenvalue weighted by Gasteiger charge is 2.11. The van der Waals surface area contributed by atoms with Gasteiger partial charge < -0.3 is 5.32 Å². The Morgan fingerprint density at radius 3 is 2.67 bits per heavy atom. The predicted molar refractivity (Wildman–Crippen MR) is 64.9 cm³/mol. The van der Waals surface area contributed by atoms with Gasteiger partial charge in [0.1, 0.15) is 0 Å². The molecule has 0 aliphatic heterocycles. The van der Waals surface area contributed by atoms with Gasteiger partial charge in [0.2, 0.25) is 0 Å². The molecule has 0 radical (unpaired) electrons. The number of nitrogens with one attached hydrogen (secondary N) is 1. The number of rotatable bonds is 4. The van der Waals surface area contributed by atoms with Gasteiger partial charge in [-0.1, -0.05) is 13.0 Å². The van der Waals surface area contributed by atoms with Gasteiger partial charge in [0, 0.05) is 17.9 Å². The van der Waals surface area contributed by atoms with Crippen LogP contribution < -0.4 is 5.32 Å². The minimum Gasteiger partial charge on any atom is -0.312 e. The van der Waals surface area contributed by atoms with Crippen molar-refractivity contribution in [1.29, 1.82) is 0 Å². The molecular weight excluding hydrogens is 184 g/mol. The van der Waals surface area contributed by atoms with Crippen LogP contribution in [0.5, 0.6) is 0 Å².